The van der Waals surface area contributed by atoms with Gasteiger partial charge in [-0.25, -0.2) is 4.79 Å². The number of aliphatic imine (C=N–C) groups is 1. The van der Waals surface area contributed by atoms with Crippen molar-refractivity contribution in [1.82, 2.24) is 25.8 Å². The second kappa shape index (κ2) is 9.39. The van der Waals surface area contributed by atoms with E-state index in [1.165, 1.54) is 69.4 Å². The molecule has 152 valence electrons. The largest absolute Gasteiger partial charge is 0.355 e. The standard InChI is InChI=1S/C19H34N6O2/c1-20-17(21-10-13-25-16(26)14-22-18(25)27)23-15-19(8-4-2-5-9-19)24-11-6-3-7-12-24/h2-15H2,1H3,(H,22,27)(H2,20,21,23). The van der Waals surface area contributed by atoms with Gasteiger partial charge in [0.1, 0.15) is 0 Å². The van der Waals surface area contributed by atoms with Gasteiger partial charge < -0.3 is 16.0 Å². The van der Waals surface area contributed by atoms with Crippen LogP contribution in [0.15, 0.2) is 4.99 Å². The molecule has 1 aliphatic carbocycles. The normalized spacial score (nSPS) is 24.0. The lowest BCUT2D eigenvalue weighted by molar-refractivity contribution is -0.124. The zero-order valence-corrected chi connectivity index (χ0v) is 16.6. The highest BCUT2D eigenvalue weighted by Crippen LogP contribution is 2.35. The minimum atomic E-state index is -0.309. The van der Waals surface area contributed by atoms with Crippen molar-refractivity contribution in [2.75, 3.05) is 46.3 Å². The van der Waals surface area contributed by atoms with Crippen LogP contribution in [0.3, 0.4) is 0 Å². The molecule has 1 saturated carbocycles. The summed E-state index contributed by atoms with van der Waals surface area (Å²) in [5, 5.41) is 9.30. The lowest BCUT2D eigenvalue weighted by Crippen LogP contribution is -2.59. The van der Waals surface area contributed by atoms with Crippen LogP contribution in [0.5, 0.6) is 0 Å². The van der Waals surface area contributed by atoms with E-state index in [2.05, 4.69) is 25.8 Å². The molecule has 0 spiro atoms. The highest BCUT2D eigenvalue weighted by atomic mass is 16.2. The molecule has 0 unspecified atom stereocenters. The molecule has 3 amide bonds. The number of amides is 3. The van der Waals surface area contributed by atoms with Crippen LogP contribution in [-0.2, 0) is 4.79 Å². The van der Waals surface area contributed by atoms with Gasteiger partial charge in [-0.3, -0.25) is 19.6 Å². The smallest absolute Gasteiger partial charge is 0.324 e. The van der Waals surface area contributed by atoms with Crippen molar-refractivity contribution >= 4 is 17.9 Å². The summed E-state index contributed by atoms with van der Waals surface area (Å²) in [4.78, 5) is 31.5. The fraction of sp³-hybridized carbons (Fsp3) is 0.842. The Morgan fingerprint density at radius 2 is 1.78 bits per heavy atom. The Kier molecular flexibility index (Phi) is 6.93. The first-order valence-corrected chi connectivity index (χ1v) is 10.4. The maximum absolute atomic E-state index is 11.6. The van der Waals surface area contributed by atoms with Gasteiger partial charge in [0.05, 0.1) is 6.54 Å². The number of urea groups is 1. The number of likely N-dealkylation sites (tertiary alicyclic amines) is 1. The summed E-state index contributed by atoms with van der Waals surface area (Å²) >= 11 is 0. The number of nitrogens with one attached hydrogen (secondary N) is 3. The number of hydrogen-bond donors (Lipinski definition) is 3. The summed E-state index contributed by atoms with van der Waals surface area (Å²) in [5.41, 5.74) is 0.237. The molecule has 2 aliphatic heterocycles. The van der Waals surface area contributed by atoms with E-state index in [-0.39, 0.29) is 24.0 Å². The second-order valence-corrected chi connectivity index (χ2v) is 7.89. The summed E-state index contributed by atoms with van der Waals surface area (Å²) in [6, 6.07) is -0.309. The van der Waals surface area contributed by atoms with Crippen molar-refractivity contribution in [2.24, 2.45) is 4.99 Å². The number of carbonyl (C=O) groups excluding carboxylic acids is 2. The quantitative estimate of drug-likeness (QED) is 0.363. The van der Waals surface area contributed by atoms with E-state index in [0.717, 1.165) is 12.5 Å². The number of guanidine groups is 1. The van der Waals surface area contributed by atoms with Gasteiger partial charge in [0, 0.05) is 32.2 Å². The van der Waals surface area contributed by atoms with Crippen molar-refractivity contribution in [1.29, 1.82) is 0 Å². The average molecular weight is 379 g/mol. The van der Waals surface area contributed by atoms with Gasteiger partial charge in [-0.05, 0) is 38.8 Å². The lowest BCUT2D eigenvalue weighted by Gasteiger charge is -2.48. The molecule has 8 nitrogen and oxygen atoms in total. The van der Waals surface area contributed by atoms with Crippen LogP contribution in [0.25, 0.3) is 0 Å². The maximum atomic E-state index is 11.6. The number of carbonyl (C=O) groups is 2. The highest BCUT2D eigenvalue weighted by molar-refractivity contribution is 6.01. The fourth-order valence-corrected chi connectivity index (χ4v) is 4.62. The van der Waals surface area contributed by atoms with E-state index in [1.54, 1.807) is 7.05 Å². The molecule has 0 aromatic heterocycles. The number of rotatable bonds is 6. The van der Waals surface area contributed by atoms with Gasteiger partial charge in [-0.2, -0.15) is 0 Å². The third-order valence-corrected chi connectivity index (χ3v) is 6.18. The van der Waals surface area contributed by atoms with Crippen LogP contribution in [0.1, 0.15) is 51.4 Å². The van der Waals surface area contributed by atoms with Crippen LogP contribution in [0.4, 0.5) is 4.79 Å². The fourth-order valence-electron chi connectivity index (χ4n) is 4.62. The first-order chi connectivity index (χ1) is 13.1. The zero-order chi connectivity index (χ0) is 19.1. The second-order valence-electron chi connectivity index (χ2n) is 7.89. The molecule has 3 N–H and O–H groups in total. The van der Waals surface area contributed by atoms with Gasteiger partial charge in [0.2, 0.25) is 5.91 Å². The van der Waals surface area contributed by atoms with Crippen LogP contribution in [0.2, 0.25) is 0 Å². The van der Waals surface area contributed by atoms with Gasteiger partial charge in [-0.15, -0.1) is 0 Å². The monoisotopic (exact) mass is 378 g/mol. The van der Waals surface area contributed by atoms with Crippen LogP contribution in [-0.4, -0.2) is 79.6 Å². The molecule has 8 heteroatoms. The molecule has 2 heterocycles. The molecule has 0 radical (unpaired) electrons. The van der Waals surface area contributed by atoms with E-state index in [9.17, 15) is 9.59 Å². The number of imide groups is 1. The van der Waals surface area contributed by atoms with Crippen molar-refractivity contribution in [3.63, 3.8) is 0 Å². The Morgan fingerprint density at radius 1 is 1.07 bits per heavy atom. The van der Waals surface area contributed by atoms with E-state index in [4.69, 9.17) is 0 Å². The predicted molar refractivity (Wildman–Crippen MR) is 106 cm³/mol. The molecule has 27 heavy (non-hydrogen) atoms. The molecular weight excluding hydrogens is 344 g/mol. The van der Waals surface area contributed by atoms with Gasteiger partial charge in [0.15, 0.2) is 5.96 Å². The Morgan fingerprint density at radius 3 is 2.41 bits per heavy atom. The van der Waals surface area contributed by atoms with E-state index in [1.807, 2.05) is 0 Å². The molecule has 0 aromatic rings. The minimum absolute atomic E-state index is 0.101. The molecule has 0 aromatic carbocycles. The van der Waals surface area contributed by atoms with Crippen molar-refractivity contribution in [3.05, 3.63) is 0 Å². The number of hydrogen-bond acceptors (Lipinski definition) is 4. The van der Waals surface area contributed by atoms with Crippen LogP contribution in [0, 0.1) is 0 Å². The Balaban J connectivity index is 1.50. The Hall–Kier alpha value is -1.83. The summed E-state index contributed by atoms with van der Waals surface area (Å²) in [6.07, 6.45) is 10.4. The summed E-state index contributed by atoms with van der Waals surface area (Å²) in [5.74, 6) is 0.569. The van der Waals surface area contributed by atoms with Gasteiger partial charge in [0.25, 0.3) is 0 Å². The van der Waals surface area contributed by atoms with Gasteiger partial charge >= 0.3 is 6.03 Å². The molecule has 0 atom stereocenters. The predicted octanol–water partition coefficient (Wildman–Crippen LogP) is 0.892. The molecular formula is C19H34N6O2. The highest BCUT2D eigenvalue weighted by Gasteiger charge is 2.38. The zero-order valence-electron chi connectivity index (χ0n) is 16.6. The number of piperidine rings is 1. The molecule has 0 bridgehead atoms. The lowest BCUT2D eigenvalue weighted by atomic mass is 9.79. The molecule has 3 rings (SSSR count). The Labute approximate surface area is 162 Å². The first-order valence-electron chi connectivity index (χ1n) is 10.4. The average Bonchev–Trinajstić information content (AvgIpc) is 3.04. The van der Waals surface area contributed by atoms with Crippen molar-refractivity contribution < 1.29 is 9.59 Å². The summed E-state index contributed by atoms with van der Waals surface area (Å²) < 4.78 is 0. The van der Waals surface area contributed by atoms with Gasteiger partial charge in [-0.1, -0.05) is 25.7 Å². The maximum Gasteiger partial charge on any atom is 0.324 e. The SMILES string of the molecule is CN=C(NCCN1C(=O)CNC1=O)NCC1(N2CCCCC2)CCCCC1. The Bertz CT molecular complexity index is 536. The summed E-state index contributed by atoms with van der Waals surface area (Å²) in [6.45, 7) is 4.26. The topological polar surface area (TPSA) is 89.1 Å². The molecule has 3 fully saturated rings. The van der Waals surface area contributed by atoms with Crippen molar-refractivity contribution in [2.45, 2.75) is 56.9 Å². The number of nitrogens with zero attached hydrogens (tertiary/aromatic N) is 3. The first kappa shape index (κ1) is 19.9. The summed E-state index contributed by atoms with van der Waals surface area (Å²) in [7, 11) is 1.76. The molecule has 2 saturated heterocycles. The third kappa shape index (κ3) is 4.91. The van der Waals surface area contributed by atoms with E-state index >= 15 is 0 Å². The minimum Gasteiger partial charge on any atom is -0.355 e. The van der Waals surface area contributed by atoms with Crippen molar-refractivity contribution in [3.8, 4) is 0 Å². The third-order valence-electron chi connectivity index (χ3n) is 6.18. The van der Waals surface area contributed by atoms with Crippen LogP contribution >= 0.6 is 0 Å². The van der Waals surface area contributed by atoms with E-state index < -0.39 is 0 Å². The molecule has 3 aliphatic rings. The van der Waals surface area contributed by atoms with E-state index in [0.29, 0.717) is 13.1 Å². The van der Waals surface area contributed by atoms with Crippen LogP contribution < -0.4 is 16.0 Å².